The third-order valence-electron chi connectivity index (χ3n) is 5.25. The molecule has 0 N–H and O–H groups in total. The van der Waals surface area contributed by atoms with Gasteiger partial charge in [-0.1, -0.05) is 12.7 Å². The van der Waals surface area contributed by atoms with Gasteiger partial charge in [-0.2, -0.15) is 30.7 Å². The monoisotopic (exact) mass is 1330 g/mol. The minimum atomic E-state index is -3.35. The van der Waals surface area contributed by atoms with Gasteiger partial charge in [0.25, 0.3) is 6.08 Å². The van der Waals surface area contributed by atoms with Crippen molar-refractivity contribution < 1.29 is 171 Å². The smallest absolute Gasteiger partial charge is 0.376 e. The van der Waals surface area contributed by atoms with Crippen LogP contribution in [0.2, 0.25) is 0 Å². The summed E-state index contributed by atoms with van der Waals surface area (Å²) in [6, 6.07) is 0. The normalized spacial score (nSPS) is 9.98. The Balaban J connectivity index is -0.0000000824. The minimum absolute atomic E-state index is 0.00315. The van der Waals surface area contributed by atoms with Gasteiger partial charge in [-0.25, -0.2) is 68.7 Å². The number of alkyl halides is 13. The first-order chi connectivity index (χ1) is 40.2. The van der Waals surface area contributed by atoms with Gasteiger partial charge in [0.2, 0.25) is 18.6 Å². The standard InChI is InChI=1S/2C5H8F2O2.C5H6F2O2.3C5H9FO2.C5H7FO2.C4H6F2O2.3C4H7FO2/c1-3-9-4(8)5(2,6)7;2*1-2-9-5(8)3-4(6)7;1-4(7)8-5(2,3)6;1-4(6)3-8-5(2)7;1-4(2)8-5(7)3-6;1-2-3-8-5(7)4-6;1-2-8-4(7)3(5)6;1-3(5)7-4(2)6;2*1-2-7-4(6)3-5/h3H2,1-2H3;4H,2-3H2,1H3;3H,2H2,1H3;1-3H3;2*4H,3H2,1-2H3;2H,1,3-4H2;3H,2H2,1H3;3H,1-2H3;2*2-3H2,1H3. The quantitative estimate of drug-likeness (QED) is 0.0320. The van der Waals surface area contributed by atoms with Crippen LogP contribution in [0.5, 0.6) is 0 Å². The highest BCUT2D eigenvalue weighted by Crippen LogP contribution is 2.13. The molecule has 0 spiro atoms. The van der Waals surface area contributed by atoms with Crippen LogP contribution in [0, 0.1) is 0 Å². The third-order valence-corrected chi connectivity index (χ3v) is 5.25. The molecule has 0 aliphatic rings. The van der Waals surface area contributed by atoms with E-state index < -0.39 is 142 Å². The van der Waals surface area contributed by atoms with Crippen LogP contribution < -0.4 is 0 Å². The molecule has 2 atom stereocenters. The van der Waals surface area contributed by atoms with E-state index in [1.807, 2.05) is 0 Å². The van der Waals surface area contributed by atoms with E-state index in [2.05, 4.69) is 58.7 Å². The van der Waals surface area contributed by atoms with Crippen LogP contribution in [0.3, 0.4) is 0 Å². The molecule has 0 fully saturated rings. The predicted molar refractivity (Wildman–Crippen MR) is 280 cm³/mol. The second kappa shape index (κ2) is 73.9. The Morgan fingerprint density at radius 2 is 0.864 bits per heavy atom. The molecule has 0 radical (unpaired) electrons. The lowest BCUT2D eigenvalue weighted by molar-refractivity contribution is -0.171. The van der Waals surface area contributed by atoms with E-state index in [0.29, 0.717) is 6.92 Å². The van der Waals surface area contributed by atoms with Crippen molar-refractivity contribution in [3.63, 3.8) is 0 Å². The molecule has 37 heteroatoms. The number of ether oxygens (including phenoxy) is 11. The van der Waals surface area contributed by atoms with Gasteiger partial charge < -0.3 is 52.1 Å². The summed E-state index contributed by atoms with van der Waals surface area (Å²) in [7, 11) is 0. The van der Waals surface area contributed by atoms with Crippen LogP contribution in [0.25, 0.3) is 0 Å². The number of esters is 11. The molecule has 0 aromatic heterocycles. The molecule has 0 aliphatic heterocycles. The summed E-state index contributed by atoms with van der Waals surface area (Å²) < 4.78 is 217. The third kappa shape index (κ3) is 138. The van der Waals surface area contributed by atoms with E-state index >= 15 is 0 Å². The lowest BCUT2D eigenvalue weighted by Crippen LogP contribution is -2.26. The zero-order chi connectivity index (χ0) is 72.2. The Bertz CT molecular complexity index is 1810. The Hall–Kier alpha value is -7.40. The first-order valence-corrected chi connectivity index (χ1v) is 24.9. The molecule has 0 aromatic carbocycles. The summed E-state index contributed by atoms with van der Waals surface area (Å²) in [4.78, 5) is 109. The number of carbonyl (C=O) groups excluding carboxylic acids is 11. The number of rotatable bonds is 22. The van der Waals surface area contributed by atoms with Crippen LogP contribution >= 0.6 is 0 Å². The fourth-order valence-corrected chi connectivity index (χ4v) is 2.77. The molecule has 0 amide bonds. The van der Waals surface area contributed by atoms with Crippen molar-refractivity contribution in [2.45, 2.75) is 160 Å². The predicted octanol–water partition coefficient (Wildman–Crippen LogP) is 10.2. The van der Waals surface area contributed by atoms with Crippen LogP contribution in [-0.2, 0) is 105 Å². The van der Waals surface area contributed by atoms with E-state index in [9.17, 15) is 119 Å². The Morgan fingerprint density at radius 1 is 0.489 bits per heavy atom. The van der Waals surface area contributed by atoms with Gasteiger partial charge in [0, 0.05) is 48.5 Å². The van der Waals surface area contributed by atoms with Crippen LogP contribution in [0.4, 0.5) is 65.9 Å². The van der Waals surface area contributed by atoms with E-state index in [4.69, 9.17) is 0 Å². The Labute approximate surface area is 500 Å². The maximum Gasteiger partial charge on any atom is 0.376 e. The minimum Gasteiger partial charge on any atom is -0.466 e. The lowest BCUT2D eigenvalue weighted by atomic mass is 10.4. The van der Waals surface area contributed by atoms with Gasteiger partial charge in [-0.15, -0.1) is 0 Å². The van der Waals surface area contributed by atoms with Crippen molar-refractivity contribution in [1.29, 1.82) is 0 Å². The van der Waals surface area contributed by atoms with Gasteiger partial charge >= 0.3 is 78.0 Å². The van der Waals surface area contributed by atoms with Crippen molar-refractivity contribution in [2.75, 3.05) is 79.6 Å². The Kier molecular flexibility index (Phi) is 88.5. The summed E-state index contributed by atoms with van der Waals surface area (Å²) in [6.45, 7) is 21.5. The molecule has 0 aromatic rings. The van der Waals surface area contributed by atoms with Crippen LogP contribution in [0.1, 0.15) is 117 Å². The van der Waals surface area contributed by atoms with E-state index in [-0.39, 0.29) is 65.0 Å². The molecule has 524 valence electrons. The second-order valence-electron chi connectivity index (χ2n) is 14.6. The zero-order valence-corrected chi connectivity index (χ0v) is 51.6. The summed E-state index contributed by atoms with van der Waals surface area (Å²) in [5.74, 6) is -14.8. The van der Waals surface area contributed by atoms with E-state index in [1.54, 1.807) is 41.5 Å². The number of hydrogen-bond donors (Lipinski definition) is 0. The van der Waals surface area contributed by atoms with Crippen molar-refractivity contribution in [2.24, 2.45) is 0 Å². The van der Waals surface area contributed by atoms with Crippen molar-refractivity contribution in [3.8, 4) is 0 Å². The summed E-state index contributed by atoms with van der Waals surface area (Å²) in [5.41, 5.74) is 0. The molecule has 0 rings (SSSR count). The summed E-state index contributed by atoms with van der Waals surface area (Å²) in [5, 5.41) is 0. The molecule has 0 heterocycles. The maximum absolute atomic E-state index is 12.2. The SMILES string of the molecule is C=CCOC(=O)CF.CC(=O)OC(C)(C)F.CC(=O)OC(C)F.CC(=O)OCC(C)F.CC(C)OC(=O)CF.CCOC(=O)C(C)(F)F.CCOC(=O)C(F)F.CCOC(=O)C=C(F)F.CCOC(=O)CC(F)F.CCOC(=O)CF.CCOC(=O)CF. The molecule has 2 unspecified atom stereocenters. The largest absolute Gasteiger partial charge is 0.466 e. The maximum atomic E-state index is 12.2. The number of carbonyl (C=O) groups is 11. The first-order valence-electron chi connectivity index (χ1n) is 24.9. The van der Waals surface area contributed by atoms with Gasteiger partial charge in [0.1, 0.15) is 25.8 Å². The van der Waals surface area contributed by atoms with Crippen molar-refractivity contribution >= 4 is 65.7 Å². The number of halogens is 15. The highest BCUT2D eigenvalue weighted by molar-refractivity contribution is 5.82. The van der Waals surface area contributed by atoms with Crippen molar-refractivity contribution in [3.05, 3.63) is 24.8 Å². The lowest BCUT2D eigenvalue weighted by Gasteiger charge is -2.12. The fourth-order valence-electron chi connectivity index (χ4n) is 2.77. The molecule has 0 bridgehead atoms. The van der Waals surface area contributed by atoms with Crippen molar-refractivity contribution in [1.82, 2.24) is 0 Å². The highest BCUT2D eigenvalue weighted by Gasteiger charge is 2.33. The highest BCUT2D eigenvalue weighted by atomic mass is 19.3. The van der Waals surface area contributed by atoms with Gasteiger partial charge in [-0.05, 0) is 62.3 Å². The molecular formula is C51H83F15O22. The molecule has 0 saturated heterocycles. The second-order valence-corrected chi connectivity index (χ2v) is 14.6. The molecule has 88 heavy (non-hydrogen) atoms. The van der Waals surface area contributed by atoms with Crippen LogP contribution in [-0.4, -0.2) is 188 Å². The Morgan fingerprint density at radius 3 is 1.02 bits per heavy atom. The average molecular weight is 1330 g/mol. The summed E-state index contributed by atoms with van der Waals surface area (Å²) >= 11 is 0. The van der Waals surface area contributed by atoms with Crippen LogP contribution in [0.15, 0.2) is 24.8 Å². The number of hydrogen-bond acceptors (Lipinski definition) is 22. The van der Waals surface area contributed by atoms with Gasteiger partial charge in [-0.3, -0.25) is 19.2 Å². The van der Waals surface area contributed by atoms with Gasteiger partial charge in [0.05, 0.1) is 51.8 Å². The zero-order valence-electron chi connectivity index (χ0n) is 51.6. The molecular weight excluding hydrogens is 1250 g/mol. The van der Waals surface area contributed by atoms with E-state index in [1.165, 1.54) is 54.5 Å². The topological polar surface area (TPSA) is 289 Å². The fraction of sp³-hybridized carbons (Fsp3) is 0.706. The molecule has 0 saturated carbocycles. The van der Waals surface area contributed by atoms with E-state index in [0.717, 1.165) is 13.8 Å². The average Bonchev–Trinajstić information content (AvgIpc) is 3.37. The molecule has 0 aliphatic carbocycles. The first kappa shape index (κ1) is 105. The summed E-state index contributed by atoms with van der Waals surface area (Å²) in [6.07, 6.45) is -9.63. The van der Waals surface area contributed by atoms with Gasteiger partial charge in [0.15, 0.2) is 26.7 Å². The molecule has 22 nitrogen and oxygen atoms in total.